The third-order valence-corrected chi connectivity index (χ3v) is 5.28. The summed E-state index contributed by atoms with van der Waals surface area (Å²) >= 11 is 0. The predicted octanol–water partition coefficient (Wildman–Crippen LogP) is 4.90. The van der Waals surface area contributed by atoms with E-state index >= 15 is 0 Å². The van der Waals surface area contributed by atoms with E-state index in [9.17, 15) is 0 Å². The maximum absolute atomic E-state index is 6.06. The third kappa shape index (κ3) is 2.29. The van der Waals surface area contributed by atoms with Gasteiger partial charge < -0.3 is 13.9 Å². The van der Waals surface area contributed by atoms with Crippen molar-refractivity contribution in [1.82, 2.24) is 4.57 Å². The smallest absolute Gasteiger partial charge is 0.400 e. The van der Waals surface area contributed by atoms with Gasteiger partial charge in [-0.2, -0.15) is 0 Å². The van der Waals surface area contributed by atoms with Crippen molar-refractivity contribution in [2.75, 3.05) is 0 Å². The van der Waals surface area contributed by atoms with Crippen LogP contribution in [-0.2, 0) is 9.31 Å². The molecule has 24 heavy (non-hydrogen) atoms. The SMILES string of the molecule is CC1(C)OB(C=Cn2c3ccccc3c3ccccc32)OC1(C)C. The molecule has 3 nitrogen and oxygen atoms in total. The lowest BCUT2D eigenvalue weighted by molar-refractivity contribution is 0.00578. The van der Waals surface area contributed by atoms with Gasteiger partial charge in [-0.25, -0.2) is 0 Å². The molecule has 4 rings (SSSR count). The van der Waals surface area contributed by atoms with Crippen LogP contribution in [0.25, 0.3) is 28.0 Å². The van der Waals surface area contributed by atoms with Crippen LogP contribution in [0.1, 0.15) is 27.7 Å². The first-order valence-corrected chi connectivity index (χ1v) is 8.41. The Hall–Kier alpha value is -2.04. The zero-order valence-corrected chi connectivity index (χ0v) is 14.6. The summed E-state index contributed by atoms with van der Waals surface area (Å²) in [5.74, 6) is 2.00. The number of hydrogen-bond acceptors (Lipinski definition) is 2. The minimum atomic E-state index is -0.338. The number of fused-ring (bicyclic) bond motifs is 3. The first-order chi connectivity index (χ1) is 11.4. The summed E-state index contributed by atoms with van der Waals surface area (Å²) in [6.07, 6.45) is 2.06. The highest BCUT2D eigenvalue weighted by Crippen LogP contribution is 2.37. The molecule has 1 fully saturated rings. The van der Waals surface area contributed by atoms with E-state index in [2.05, 4.69) is 87.0 Å². The molecule has 0 bridgehead atoms. The van der Waals surface area contributed by atoms with Crippen LogP contribution in [0, 0.1) is 0 Å². The van der Waals surface area contributed by atoms with Crippen molar-refractivity contribution < 1.29 is 9.31 Å². The van der Waals surface area contributed by atoms with Crippen LogP contribution in [-0.4, -0.2) is 22.9 Å². The Labute approximate surface area is 143 Å². The van der Waals surface area contributed by atoms with Crippen molar-refractivity contribution in [3.63, 3.8) is 0 Å². The van der Waals surface area contributed by atoms with Crippen molar-refractivity contribution in [2.45, 2.75) is 38.9 Å². The molecular formula is C20H22BNO2. The van der Waals surface area contributed by atoms with Gasteiger partial charge in [0.2, 0.25) is 0 Å². The molecule has 1 saturated heterocycles. The second kappa shape index (κ2) is 5.23. The summed E-state index contributed by atoms with van der Waals surface area (Å²) in [4.78, 5) is 0. The van der Waals surface area contributed by atoms with Crippen LogP contribution in [0.2, 0.25) is 0 Å². The molecule has 4 heteroatoms. The molecule has 2 aromatic carbocycles. The maximum Gasteiger partial charge on any atom is 0.488 e. The van der Waals surface area contributed by atoms with Gasteiger partial charge in [-0.3, -0.25) is 0 Å². The van der Waals surface area contributed by atoms with Crippen LogP contribution < -0.4 is 0 Å². The highest BCUT2D eigenvalue weighted by Gasteiger charge is 2.50. The van der Waals surface area contributed by atoms with Gasteiger partial charge in [0.1, 0.15) is 0 Å². The summed E-state index contributed by atoms with van der Waals surface area (Å²) in [5, 5.41) is 2.51. The number of rotatable bonds is 2. The number of aromatic nitrogens is 1. The van der Waals surface area contributed by atoms with Crippen LogP contribution in [0.15, 0.2) is 54.5 Å². The third-order valence-electron chi connectivity index (χ3n) is 5.28. The zero-order valence-electron chi connectivity index (χ0n) is 14.6. The molecule has 0 amide bonds. The summed E-state index contributed by atoms with van der Waals surface area (Å²) in [7, 11) is -0.338. The lowest BCUT2D eigenvalue weighted by Crippen LogP contribution is -2.41. The Morgan fingerprint density at radius 2 is 1.25 bits per heavy atom. The van der Waals surface area contributed by atoms with Crippen LogP contribution in [0.3, 0.4) is 0 Å². The van der Waals surface area contributed by atoms with E-state index in [1.807, 2.05) is 5.98 Å². The van der Waals surface area contributed by atoms with Crippen molar-refractivity contribution in [1.29, 1.82) is 0 Å². The van der Waals surface area contributed by atoms with E-state index in [1.54, 1.807) is 0 Å². The molecule has 0 unspecified atom stereocenters. The Morgan fingerprint density at radius 3 is 1.75 bits per heavy atom. The van der Waals surface area contributed by atoms with E-state index in [4.69, 9.17) is 9.31 Å². The Kier molecular flexibility index (Phi) is 3.38. The lowest BCUT2D eigenvalue weighted by atomic mass is 9.90. The van der Waals surface area contributed by atoms with E-state index in [1.165, 1.54) is 21.8 Å². The first-order valence-electron chi connectivity index (χ1n) is 8.41. The quantitative estimate of drug-likeness (QED) is 0.627. The van der Waals surface area contributed by atoms with Crippen LogP contribution >= 0.6 is 0 Å². The van der Waals surface area contributed by atoms with Gasteiger partial charge in [-0.1, -0.05) is 36.4 Å². The Bertz CT molecular complexity index is 870. The number of benzene rings is 2. The standard InChI is InChI=1S/C20H22BNO2/c1-19(2)20(3,4)24-21(23-19)13-14-22-17-11-7-5-9-15(17)16-10-6-8-12-18(16)22/h5-14H,1-4H3. The van der Waals surface area contributed by atoms with Crippen LogP contribution in [0.5, 0.6) is 0 Å². The monoisotopic (exact) mass is 319 g/mol. The van der Waals surface area contributed by atoms with E-state index in [0.29, 0.717) is 0 Å². The molecule has 0 spiro atoms. The van der Waals surface area contributed by atoms with Gasteiger partial charge in [0.25, 0.3) is 0 Å². The molecule has 122 valence electrons. The molecule has 3 aromatic rings. The number of nitrogens with zero attached hydrogens (tertiary/aromatic N) is 1. The van der Waals surface area contributed by atoms with E-state index in [-0.39, 0.29) is 18.3 Å². The van der Waals surface area contributed by atoms with Gasteiger partial charge in [0, 0.05) is 17.0 Å². The summed E-state index contributed by atoms with van der Waals surface area (Å²) in [6.45, 7) is 8.28. The molecule has 1 aromatic heterocycles. The zero-order chi connectivity index (χ0) is 16.9. The topological polar surface area (TPSA) is 23.4 Å². The summed E-state index contributed by atoms with van der Waals surface area (Å²) in [5.41, 5.74) is 1.74. The van der Waals surface area contributed by atoms with Gasteiger partial charge in [0.15, 0.2) is 0 Å². The molecular weight excluding hydrogens is 297 g/mol. The van der Waals surface area contributed by atoms with E-state index in [0.717, 1.165) is 0 Å². The maximum atomic E-state index is 6.06. The summed E-state index contributed by atoms with van der Waals surface area (Å²) < 4.78 is 14.3. The number of hydrogen-bond donors (Lipinski definition) is 0. The van der Waals surface area contributed by atoms with E-state index < -0.39 is 0 Å². The minimum absolute atomic E-state index is 0.317. The average molecular weight is 319 g/mol. The molecule has 0 aliphatic carbocycles. The highest BCUT2D eigenvalue weighted by atomic mass is 16.7. The largest absolute Gasteiger partial charge is 0.488 e. The van der Waals surface area contributed by atoms with Crippen molar-refractivity contribution in [3.8, 4) is 0 Å². The Balaban J connectivity index is 1.77. The van der Waals surface area contributed by atoms with Gasteiger partial charge in [-0.15, -0.1) is 0 Å². The second-order valence-electron chi connectivity index (χ2n) is 7.37. The highest BCUT2D eigenvalue weighted by molar-refractivity contribution is 6.52. The molecule has 0 N–H and O–H groups in total. The average Bonchev–Trinajstić information content (AvgIpc) is 2.96. The number of para-hydroxylation sites is 2. The lowest BCUT2D eigenvalue weighted by Gasteiger charge is -2.32. The van der Waals surface area contributed by atoms with Crippen molar-refractivity contribution in [2.24, 2.45) is 0 Å². The van der Waals surface area contributed by atoms with Gasteiger partial charge in [-0.05, 0) is 45.8 Å². The second-order valence-corrected chi connectivity index (χ2v) is 7.37. The fourth-order valence-corrected chi connectivity index (χ4v) is 3.24. The molecule has 2 heterocycles. The first kappa shape index (κ1) is 15.5. The molecule has 0 radical (unpaired) electrons. The van der Waals surface area contributed by atoms with Crippen molar-refractivity contribution >= 4 is 35.1 Å². The summed E-state index contributed by atoms with van der Waals surface area (Å²) in [6, 6.07) is 16.9. The molecule has 0 saturated carbocycles. The van der Waals surface area contributed by atoms with Crippen LogP contribution in [0.4, 0.5) is 0 Å². The Morgan fingerprint density at radius 1 is 0.792 bits per heavy atom. The normalized spacial score (nSPS) is 19.8. The molecule has 1 aliphatic heterocycles. The van der Waals surface area contributed by atoms with Gasteiger partial charge in [0.05, 0.1) is 22.2 Å². The fraction of sp³-hybridized carbons (Fsp3) is 0.300. The predicted molar refractivity (Wildman–Crippen MR) is 101 cm³/mol. The molecule has 0 atom stereocenters. The van der Waals surface area contributed by atoms with Gasteiger partial charge >= 0.3 is 7.12 Å². The molecule has 1 aliphatic rings. The van der Waals surface area contributed by atoms with Crippen molar-refractivity contribution in [3.05, 3.63) is 54.5 Å². The fourth-order valence-electron chi connectivity index (χ4n) is 3.24. The minimum Gasteiger partial charge on any atom is -0.400 e.